The number of fused-ring (bicyclic) bond motifs is 1. The number of rotatable bonds is 10. The third-order valence-electron chi connectivity index (χ3n) is 7.88. The van der Waals surface area contributed by atoms with E-state index in [1.807, 2.05) is 79.3 Å². The number of hydrogen-bond acceptors (Lipinski definition) is 6. The van der Waals surface area contributed by atoms with Gasteiger partial charge in [-0.3, -0.25) is 9.59 Å². The van der Waals surface area contributed by atoms with E-state index in [0.29, 0.717) is 30.8 Å². The largest absolute Gasteiger partial charge is 0.459 e. The van der Waals surface area contributed by atoms with Crippen molar-refractivity contribution in [1.29, 1.82) is 0 Å². The van der Waals surface area contributed by atoms with Gasteiger partial charge in [-0.1, -0.05) is 36.4 Å². The van der Waals surface area contributed by atoms with Crippen LogP contribution in [-0.2, 0) is 20.7 Å². The van der Waals surface area contributed by atoms with Crippen LogP contribution in [0.4, 0.5) is 17.1 Å². The van der Waals surface area contributed by atoms with Crippen molar-refractivity contribution < 1.29 is 19.1 Å². The molecular formula is C34H38N4O4. The third kappa shape index (κ3) is 6.55. The number of ether oxygens (including phenoxy) is 1. The molecule has 1 heterocycles. The summed E-state index contributed by atoms with van der Waals surface area (Å²) >= 11 is 0. The summed E-state index contributed by atoms with van der Waals surface area (Å²) in [5, 5.41) is 6.40. The van der Waals surface area contributed by atoms with Crippen LogP contribution in [0.2, 0.25) is 0 Å². The molecule has 0 aromatic heterocycles. The normalized spacial score (nSPS) is 15.3. The first-order valence-corrected chi connectivity index (χ1v) is 14.5. The van der Waals surface area contributed by atoms with Crippen molar-refractivity contribution in [2.24, 2.45) is 0 Å². The monoisotopic (exact) mass is 566 g/mol. The van der Waals surface area contributed by atoms with Gasteiger partial charge in [0.05, 0.1) is 12.1 Å². The molecule has 0 spiro atoms. The fraction of sp³-hybridized carbons (Fsp3) is 0.324. The van der Waals surface area contributed by atoms with Gasteiger partial charge >= 0.3 is 5.97 Å². The van der Waals surface area contributed by atoms with Gasteiger partial charge in [-0.15, -0.1) is 0 Å². The highest BCUT2D eigenvalue weighted by atomic mass is 16.5. The minimum Gasteiger partial charge on any atom is -0.459 e. The number of amides is 2. The molecule has 3 aromatic rings. The summed E-state index contributed by atoms with van der Waals surface area (Å²) in [4.78, 5) is 40.9. The van der Waals surface area contributed by atoms with Crippen molar-refractivity contribution in [2.75, 3.05) is 42.7 Å². The number of carbonyl (C=O) groups excluding carboxylic acids is 3. The van der Waals surface area contributed by atoms with Gasteiger partial charge in [0.15, 0.2) is 0 Å². The molecule has 1 saturated carbocycles. The molecule has 0 unspecified atom stereocenters. The fourth-order valence-electron chi connectivity index (χ4n) is 5.77. The number of nitrogens with one attached hydrogen (secondary N) is 2. The van der Waals surface area contributed by atoms with Crippen LogP contribution in [0.1, 0.15) is 59.7 Å². The number of carbonyl (C=O) groups is 3. The highest BCUT2D eigenvalue weighted by molar-refractivity contribution is 6.01. The number of esters is 1. The molecular weight excluding hydrogens is 528 g/mol. The highest BCUT2D eigenvalue weighted by Gasteiger charge is 2.25. The SMILES string of the molecule is C/C(=C(\Nc1ccc2c(c1)CCN2C(=O)CN(C)C)c1ccccc1)c1ccc(C(=O)OC2CCCC2)cc1NC=O. The lowest BCUT2D eigenvalue weighted by Crippen LogP contribution is -2.36. The van der Waals surface area contributed by atoms with Crippen molar-refractivity contribution in [3.05, 3.63) is 89.0 Å². The van der Waals surface area contributed by atoms with Crippen LogP contribution < -0.4 is 15.5 Å². The second-order valence-electron chi connectivity index (χ2n) is 11.2. The number of nitrogens with zero attached hydrogens (tertiary/aromatic N) is 2. The molecule has 1 aliphatic heterocycles. The van der Waals surface area contributed by atoms with E-state index in [-0.39, 0.29) is 18.0 Å². The van der Waals surface area contributed by atoms with Gasteiger partial charge in [0.25, 0.3) is 0 Å². The zero-order valence-electron chi connectivity index (χ0n) is 24.5. The molecule has 218 valence electrons. The van der Waals surface area contributed by atoms with Crippen molar-refractivity contribution in [3.63, 3.8) is 0 Å². The Kier molecular flexibility index (Phi) is 9.03. The molecule has 3 aromatic carbocycles. The lowest BCUT2D eigenvalue weighted by molar-refractivity contribution is -0.119. The Morgan fingerprint density at radius 3 is 2.48 bits per heavy atom. The van der Waals surface area contributed by atoms with Gasteiger partial charge in [0, 0.05) is 34.9 Å². The maximum absolute atomic E-state index is 12.9. The number of likely N-dealkylation sites (N-methyl/N-ethyl adjacent to an activating group) is 1. The minimum absolute atomic E-state index is 0.0410. The average Bonchev–Trinajstić information content (AvgIpc) is 3.65. The quantitative estimate of drug-likeness (QED) is 0.183. The molecule has 0 saturated heterocycles. The summed E-state index contributed by atoms with van der Waals surface area (Å²) in [6.45, 7) is 3.03. The van der Waals surface area contributed by atoms with E-state index in [2.05, 4.69) is 16.7 Å². The van der Waals surface area contributed by atoms with Crippen molar-refractivity contribution in [2.45, 2.75) is 45.1 Å². The Morgan fingerprint density at radius 1 is 1.00 bits per heavy atom. The van der Waals surface area contributed by atoms with Gasteiger partial charge in [-0.25, -0.2) is 4.79 Å². The van der Waals surface area contributed by atoms with Crippen molar-refractivity contribution >= 4 is 46.6 Å². The van der Waals surface area contributed by atoms with Gasteiger partial charge in [0.2, 0.25) is 12.3 Å². The average molecular weight is 567 g/mol. The van der Waals surface area contributed by atoms with Crippen LogP contribution in [0.3, 0.4) is 0 Å². The Morgan fingerprint density at radius 2 is 1.76 bits per heavy atom. The molecule has 5 rings (SSSR count). The smallest absolute Gasteiger partial charge is 0.338 e. The van der Waals surface area contributed by atoms with Crippen molar-refractivity contribution in [3.8, 4) is 0 Å². The van der Waals surface area contributed by atoms with Crippen LogP contribution in [0, 0.1) is 0 Å². The predicted octanol–water partition coefficient (Wildman–Crippen LogP) is 5.81. The van der Waals surface area contributed by atoms with Gasteiger partial charge in [-0.05, 0) is 100 Å². The van der Waals surface area contributed by atoms with Gasteiger partial charge in [0.1, 0.15) is 6.10 Å². The van der Waals surface area contributed by atoms with Crippen molar-refractivity contribution in [1.82, 2.24) is 4.90 Å². The van der Waals surface area contributed by atoms with E-state index in [0.717, 1.165) is 71.4 Å². The molecule has 2 N–H and O–H groups in total. The first-order chi connectivity index (χ1) is 20.3. The van der Waals surface area contributed by atoms with E-state index in [9.17, 15) is 14.4 Å². The summed E-state index contributed by atoms with van der Waals surface area (Å²) in [7, 11) is 3.79. The van der Waals surface area contributed by atoms with E-state index in [4.69, 9.17) is 4.74 Å². The maximum Gasteiger partial charge on any atom is 0.338 e. The lowest BCUT2D eigenvalue weighted by atomic mass is 9.97. The van der Waals surface area contributed by atoms with Crippen LogP contribution in [0.15, 0.2) is 66.7 Å². The first kappa shape index (κ1) is 29.1. The predicted molar refractivity (Wildman–Crippen MR) is 167 cm³/mol. The Labute approximate surface area is 247 Å². The minimum atomic E-state index is -0.373. The van der Waals surface area contributed by atoms with Crippen LogP contribution in [0.25, 0.3) is 11.3 Å². The summed E-state index contributed by atoms with van der Waals surface area (Å²) < 4.78 is 5.70. The molecule has 1 fully saturated rings. The lowest BCUT2D eigenvalue weighted by Gasteiger charge is -2.21. The molecule has 2 amide bonds. The molecule has 0 bridgehead atoms. The topological polar surface area (TPSA) is 91.0 Å². The zero-order chi connectivity index (χ0) is 29.6. The number of benzene rings is 3. The Bertz CT molecular complexity index is 1490. The molecule has 0 atom stereocenters. The molecule has 2 aliphatic rings. The second kappa shape index (κ2) is 13.0. The maximum atomic E-state index is 12.9. The van der Waals surface area contributed by atoms with E-state index >= 15 is 0 Å². The Hall–Kier alpha value is -4.43. The summed E-state index contributed by atoms with van der Waals surface area (Å²) in [6, 6.07) is 21.4. The summed E-state index contributed by atoms with van der Waals surface area (Å²) in [5.74, 6) is -0.285. The van der Waals surface area contributed by atoms with Gasteiger partial charge < -0.3 is 25.2 Å². The van der Waals surface area contributed by atoms with Crippen LogP contribution in [0.5, 0.6) is 0 Å². The molecule has 42 heavy (non-hydrogen) atoms. The molecule has 0 radical (unpaired) electrons. The number of hydrogen-bond donors (Lipinski definition) is 2. The first-order valence-electron chi connectivity index (χ1n) is 14.5. The van der Waals surface area contributed by atoms with Gasteiger partial charge in [-0.2, -0.15) is 0 Å². The number of anilines is 3. The zero-order valence-corrected chi connectivity index (χ0v) is 24.5. The fourth-order valence-corrected chi connectivity index (χ4v) is 5.77. The second-order valence-corrected chi connectivity index (χ2v) is 11.2. The van der Waals surface area contributed by atoms with Crippen LogP contribution >= 0.6 is 0 Å². The van der Waals surface area contributed by atoms with Crippen LogP contribution in [-0.4, -0.2) is 56.5 Å². The molecule has 8 nitrogen and oxygen atoms in total. The number of allylic oxidation sites excluding steroid dienone is 1. The third-order valence-corrected chi connectivity index (χ3v) is 7.88. The van der Waals surface area contributed by atoms with E-state index in [1.54, 1.807) is 12.1 Å². The highest BCUT2D eigenvalue weighted by Crippen LogP contribution is 2.35. The Balaban J connectivity index is 1.47. The summed E-state index contributed by atoms with van der Waals surface area (Å²) in [6.07, 6.45) is 5.31. The van der Waals surface area contributed by atoms with E-state index in [1.165, 1.54) is 0 Å². The standard InChI is InChI=1S/C34H38N4O4/c1-23(29-15-13-26(20-30(29)35-22-39)34(41)42-28-11-7-8-12-28)33(24-9-5-4-6-10-24)36-27-14-16-31-25(19-27)17-18-38(31)32(40)21-37(2)3/h4-6,9-10,13-16,19-20,22,28,36H,7-8,11-12,17-18,21H2,1-3H3,(H,35,39)/b33-23+. The summed E-state index contributed by atoms with van der Waals surface area (Å²) in [5.41, 5.74) is 7.42. The molecule has 1 aliphatic carbocycles. The van der Waals surface area contributed by atoms with E-state index < -0.39 is 0 Å². The molecule has 8 heteroatoms.